The molecule has 0 saturated heterocycles. The molecule has 2 N–H and O–H groups in total. The van der Waals surface area contributed by atoms with Crippen molar-refractivity contribution < 1.29 is 13.2 Å². The third kappa shape index (κ3) is 4.91. The molecule has 0 fully saturated rings. The Morgan fingerprint density at radius 2 is 1.69 bits per heavy atom. The molecule has 0 aromatic heterocycles. The normalized spacial score (nSPS) is 11.4. The van der Waals surface area contributed by atoms with Crippen LogP contribution in [0.25, 0.3) is 10.8 Å². The minimum atomic E-state index is -3.61. The lowest BCUT2D eigenvalue weighted by atomic mass is 10.1. The number of carbonyl (C=O) groups excluding carboxylic acids is 1. The molecule has 0 unspecified atom stereocenters. The Hall–Kier alpha value is -2.22. The predicted molar refractivity (Wildman–Crippen MR) is 107 cm³/mol. The van der Waals surface area contributed by atoms with Gasteiger partial charge in [0.1, 0.15) is 0 Å². The fraction of sp³-hybridized carbons (Fsp3) is 0.105. The van der Waals surface area contributed by atoms with Gasteiger partial charge in [0.15, 0.2) is 0 Å². The number of carbonyl (C=O) groups is 1. The summed E-state index contributed by atoms with van der Waals surface area (Å²) in [4.78, 5) is 12.2. The SMILES string of the molecule is O=C(CNS(=O)(=O)Cc1cccc(Br)c1)Nc1cccc2ccccc12. The summed E-state index contributed by atoms with van der Waals surface area (Å²) < 4.78 is 27.5. The minimum absolute atomic E-state index is 0.187. The van der Waals surface area contributed by atoms with Crippen LogP contribution < -0.4 is 10.0 Å². The highest BCUT2D eigenvalue weighted by molar-refractivity contribution is 9.10. The highest BCUT2D eigenvalue weighted by atomic mass is 79.9. The molecule has 1 amide bonds. The van der Waals surface area contributed by atoms with E-state index in [1.165, 1.54) is 0 Å². The van der Waals surface area contributed by atoms with Crippen LogP contribution in [0.5, 0.6) is 0 Å². The number of benzene rings is 3. The van der Waals surface area contributed by atoms with Gasteiger partial charge in [-0.15, -0.1) is 0 Å². The van der Waals surface area contributed by atoms with Crippen LogP contribution in [-0.2, 0) is 20.6 Å². The summed E-state index contributed by atoms with van der Waals surface area (Å²) in [5.41, 5.74) is 1.29. The molecule has 0 aliphatic carbocycles. The zero-order chi connectivity index (χ0) is 18.6. The fourth-order valence-electron chi connectivity index (χ4n) is 2.60. The van der Waals surface area contributed by atoms with Crippen LogP contribution in [0.1, 0.15) is 5.56 Å². The Morgan fingerprint density at radius 3 is 2.50 bits per heavy atom. The molecule has 0 bridgehead atoms. The molecule has 3 aromatic carbocycles. The number of rotatable bonds is 6. The van der Waals surface area contributed by atoms with Gasteiger partial charge in [0.05, 0.1) is 12.3 Å². The standard InChI is InChI=1S/C19H17BrN2O3S/c20-16-8-3-5-14(11-16)13-26(24,25)21-12-19(23)22-18-10-4-7-15-6-1-2-9-17(15)18/h1-11,21H,12-13H2,(H,22,23). The smallest absolute Gasteiger partial charge is 0.239 e. The second kappa shape index (κ2) is 7.99. The maximum Gasteiger partial charge on any atom is 0.239 e. The first kappa shape index (κ1) is 18.6. The minimum Gasteiger partial charge on any atom is -0.324 e. The van der Waals surface area contributed by atoms with Crippen molar-refractivity contribution in [1.29, 1.82) is 0 Å². The molecule has 0 spiro atoms. The van der Waals surface area contributed by atoms with E-state index in [9.17, 15) is 13.2 Å². The Labute approximate surface area is 160 Å². The van der Waals surface area contributed by atoms with Crippen molar-refractivity contribution in [2.75, 3.05) is 11.9 Å². The quantitative estimate of drug-likeness (QED) is 0.623. The maximum absolute atomic E-state index is 12.2. The number of nitrogens with one attached hydrogen (secondary N) is 2. The van der Waals surface area contributed by atoms with Crippen LogP contribution in [0.3, 0.4) is 0 Å². The zero-order valence-electron chi connectivity index (χ0n) is 13.8. The molecular formula is C19H17BrN2O3S. The second-order valence-electron chi connectivity index (χ2n) is 5.79. The lowest BCUT2D eigenvalue weighted by molar-refractivity contribution is -0.115. The van der Waals surface area contributed by atoms with Gasteiger partial charge < -0.3 is 5.32 Å². The topological polar surface area (TPSA) is 75.3 Å². The van der Waals surface area contributed by atoms with Gasteiger partial charge in [-0.25, -0.2) is 13.1 Å². The van der Waals surface area contributed by atoms with Crippen molar-refractivity contribution in [1.82, 2.24) is 4.72 Å². The molecule has 7 heteroatoms. The van der Waals surface area contributed by atoms with Crippen LogP contribution >= 0.6 is 15.9 Å². The summed E-state index contributed by atoms with van der Waals surface area (Å²) in [6.45, 7) is -0.320. The van der Waals surface area contributed by atoms with E-state index >= 15 is 0 Å². The molecule has 0 radical (unpaired) electrons. The molecule has 134 valence electrons. The lowest BCUT2D eigenvalue weighted by Crippen LogP contribution is -2.33. The number of sulfonamides is 1. The van der Waals surface area contributed by atoms with Gasteiger partial charge in [-0.1, -0.05) is 64.5 Å². The van der Waals surface area contributed by atoms with Gasteiger partial charge in [-0.05, 0) is 29.1 Å². The summed E-state index contributed by atoms with van der Waals surface area (Å²) in [6, 6.07) is 20.3. The van der Waals surface area contributed by atoms with Crippen LogP contribution in [-0.4, -0.2) is 20.9 Å². The van der Waals surface area contributed by atoms with E-state index in [1.54, 1.807) is 24.3 Å². The van der Waals surface area contributed by atoms with Crippen molar-refractivity contribution in [3.63, 3.8) is 0 Å². The first-order valence-corrected chi connectivity index (χ1v) is 10.4. The second-order valence-corrected chi connectivity index (χ2v) is 8.51. The summed E-state index contributed by atoms with van der Waals surface area (Å²) in [5, 5.41) is 4.66. The largest absolute Gasteiger partial charge is 0.324 e. The molecule has 5 nitrogen and oxygen atoms in total. The summed E-state index contributed by atoms with van der Waals surface area (Å²) in [5.74, 6) is -0.604. The Bertz CT molecular complexity index is 1050. The molecule has 0 heterocycles. The van der Waals surface area contributed by atoms with E-state index < -0.39 is 15.9 Å². The highest BCUT2D eigenvalue weighted by Gasteiger charge is 2.14. The first-order chi connectivity index (χ1) is 12.4. The van der Waals surface area contributed by atoms with Gasteiger partial charge in [0.25, 0.3) is 0 Å². The Morgan fingerprint density at radius 1 is 0.962 bits per heavy atom. The van der Waals surface area contributed by atoms with Gasteiger partial charge in [-0.3, -0.25) is 4.79 Å². The molecular weight excluding hydrogens is 416 g/mol. The van der Waals surface area contributed by atoms with Crippen LogP contribution in [0.2, 0.25) is 0 Å². The highest BCUT2D eigenvalue weighted by Crippen LogP contribution is 2.22. The average Bonchev–Trinajstić information content (AvgIpc) is 2.60. The van der Waals surface area contributed by atoms with Gasteiger partial charge >= 0.3 is 0 Å². The lowest BCUT2D eigenvalue weighted by Gasteiger charge is -2.10. The zero-order valence-corrected chi connectivity index (χ0v) is 16.2. The van der Waals surface area contributed by atoms with Crippen molar-refractivity contribution in [3.05, 3.63) is 76.8 Å². The molecule has 3 aromatic rings. The summed E-state index contributed by atoms with van der Waals surface area (Å²) >= 11 is 3.31. The Balaban J connectivity index is 1.63. The van der Waals surface area contributed by atoms with E-state index in [1.807, 2.05) is 42.5 Å². The molecule has 0 saturated carbocycles. The predicted octanol–water partition coefficient (Wildman–Crippen LogP) is 3.66. The van der Waals surface area contributed by atoms with Crippen molar-refractivity contribution in [2.45, 2.75) is 5.75 Å². The number of amides is 1. The van der Waals surface area contributed by atoms with E-state index in [0.717, 1.165) is 15.2 Å². The first-order valence-electron chi connectivity index (χ1n) is 7.92. The number of hydrogen-bond acceptors (Lipinski definition) is 3. The van der Waals surface area contributed by atoms with Crippen LogP contribution in [0.4, 0.5) is 5.69 Å². The molecule has 0 atom stereocenters. The molecule has 0 aliphatic heterocycles. The van der Waals surface area contributed by atoms with Crippen molar-refractivity contribution in [2.24, 2.45) is 0 Å². The third-order valence-corrected chi connectivity index (χ3v) is 5.55. The number of fused-ring (bicyclic) bond motifs is 1. The van der Waals surface area contributed by atoms with Crippen molar-refractivity contribution in [3.8, 4) is 0 Å². The van der Waals surface area contributed by atoms with Gasteiger partial charge in [-0.2, -0.15) is 0 Å². The van der Waals surface area contributed by atoms with Crippen LogP contribution in [0.15, 0.2) is 71.2 Å². The van der Waals surface area contributed by atoms with E-state index in [-0.39, 0.29) is 12.3 Å². The van der Waals surface area contributed by atoms with Crippen molar-refractivity contribution >= 4 is 48.3 Å². The molecule has 3 rings (SSSR count). The van der Waals surface area contributed by atoms with Gasteiger partial charge in [0.2, 0.25) is 15.9 Å². The Kier molecular flexibility index (Phi) is 5.70. The molecule has 0 aliphatic rings. The number of anilines is 1. The van der Waals surface area contributed by atoms with E-state index in [2.05, 4.69) is 26.0 Å². The van der Waals surface area contributed by atoms with E-state index in [0.29, 0.717) is 11.3 Å². The number of halogens is 1. The number of hydrogen-bond donors (Lipinski definition) is 2. The van der Waals surface area contributed by atoms with E-state index in [4.69, 9.17) is 0 Å². The molecule has 26 heavy (non-hydrogen) atoms. The maximum atomic E-state index is 12.2. The summed E-state index contributed by atoms with van der Waals surface area (Å²) in [7, 11) is -3.61. The summed E-state index contributed by atoms with van der Waals surface area (Å²) in [6.07, 6.45) is 0. The monoisotopic (exact) mass is 432 g/mol. The van der Waals surface area contributed by atoms with Crippen LogP contribution in [0, 0.1) is 0 Å². The fourth-order valence-corrected chi connectivity index (χ4v) is 4.12. The van der Waals surface area contributed by atoms with Gasteiger partial charge in [0, 0.05) is 15.5 Å². The third-order valence-electron chi connectivity index (χ3n) is 3.76. The average molecular weight is 433 g/mol.